The van der Waals surface area contributed by atoms with Crippen molar-refractivity contribution in [2.24, 2.45) is 0 Å². The first kappa shape index (κ1) is 19.7. The van der Waals surface area contributed by atoms with Gasteiger partial charge in [-0.15, -0.1) is 0 Å². The second kappa shape index (κ2) is 7.95. The van der Waals surface area contributed by atoms with E-state index in [1.165, 1.54) is 19.3 Å². The minimum atomic E-state index is -1.03. The fraction of sp³-hybridized carbons (Fsp3) is 0.529. The van der Waals surface area contributed by atoms with Crippen LogP contribution in [0.1, 0.15) is 33.1 Å². The minimum absolute atomic E-state index is 0. The fourth-order valence-corrected chi connectivity index (χ4v) is 18.3. The van der Waals surface area contributed by atoms with Crippen molar-refractivity contribution in [3.63, 3.8) is 0 Å². The molecule has 1 atom stereocenters. The van der Waals surface area contributed by atoms with Gasteiger partial charge in [0, 0.05) is 0 Å². The van der Waals surface area contributed by atoms with E-state index >= 15 is 0 Å². The first-order chi connectivity index (χ1) is 9.20. The molecule has 0 bridgehead atoms. The van der Waals surface area contributed by atoms with Gasteiger partial charge >= 0.3 is 131 Å². The largest absolute Gasteiger partial charge is 1.00 e. The predicted octanol–water partition coefficient (Wildman–Crippen LogP) is -0.603. The van der Waals surface area contributed by atoms with Gasteiger partial charge in [-0.25, -0.2) is 0 Å². The van der Waals surface area contributed by atoms with Crippen molar-refractivity contribution in [3.8, 4) is 0 Å². The summed E-state index contributed by atoms with van der Waals surface area (Å²) in [6.45, 7) is 4.71. The Labute approximate surface area is 154 Å². The Morgan fingerprint density at radius 2 is 2.05 bits per heavy atom. The van der Waals surface area contributed by atoms with E-state index < -0.39 is 31.3 Å². The van der Waals surface area contributed by atoms with Gasteiger partial charge in [0.1, 0.15) is 0 Å². The second-order valence-corrected chi connectivity index (χ2v) is 16.8. The first-order valence-electron chi connectivity index (χ1n) is 7.72. The quantitative estimate of drug-likeness (QED) is 0.523. The van der Waals surface area contributed by atoms with Crippen LogP contribution in [0, 0.1) is 0 Å². The van der Waals surface area contributed by atoms with Crippen LogP contribution in [0.2, 0.25) is 20.9 Å². The topological polar surface area (TPSA) is 0 Å². The molecule has 0 saturated carbocycles. The van der Waals surface area contributed by atoms with E-state index in [2.05, 4.69) is 50.3 Å². The van der Waals surface area contributed by atoms with E-state index in [1.807, 2.05) is 3.28 Å². The standard InChI is InChI=1S/C12H19Si.C5H5.2ClH.Zr/c1-3-7-13(8-4-9-13)12-6-5-11(2)10-12;1-2-4-5-3-1;;;/h5-6,10H,3-4,7-9H2,1-2H3;1-3H,4H2;2*1H;/q;;;;+2/p-2. The Morgan fingerprint density at radius 3 is 2.48 bits per heavy atom. The summed E-state index contributed by atoms with van der Waals surface area (Å²) in [5.74, 6) is 0. The second-order valence-electron chi connectivity index (χ2n) is 6.42. The molecule has 3 rings (SSSR count). The normalized spacial score (nSPS) is 27.9. The summed E-state index contributed by atoms with van der Waals surface area (Å²) in [5.41, 5.74) is 1.54. The number of hydrogen-bond donors (Lipinski definition) is 0. The number of halogens is 2. The molecule has 4 heteroatoms. The van der Waals surface area contributed by atoms with E-state index in [0.717, 1.165) is 0 Å². The molecular formula is C17H24Cl2SiZr. The Bertz CT molecular complexity index is 489. The summed E-state index contributed by atoms with van der Waals surface area (Å²) in [6, 6.07) is 4.79. The van der Waals surface area contributed by atoms with Crippen LogP contribution in [-0.4, -0.2) is 8.07 Å². The molecule has 0 radical (unpaired) electrons. The third-order valence-electron chi connectivity index (χ3n) is 5.12. The molecule has 1 saturated heterocycles. The Morgan fingerprint density at radius 1 is 1.29 bits per heavy atom. The van der Waals surface area contributed by atoms with Crippen LogP contribution in [0.25, 0.3) is 0 Å². The van der Waals surface area contributed by atoms with Gasteiger partial charge in [-0.1, -0.05) is 0 Å². The molecule has 114 valence electrons. The van der Waals surface area contributed by atoms with Crippen molar-refractivity contribution in [2.45, 2.75) is 54.0 Å². The van der Waals surface area contributed by atoms with E-state index in [-0.39, 0.29) is 24.8 Å². The van der Waals surface area contributed by atoms with Crippen molar-refractivity contribution >= 4 is 8.07 Å². The molecule has 3 aliphatic rings. The van der Waals surface area contributed by atoms with Gasteiger partial charge in [-0.05, 0) is 0 Å². The molecule has 1 aliphatic heterocycles. The van der Waals surface area contributed by atoms with Crippen LogP contribution in [0.3, 0.4) is 0 Å². The van der Waals surface area contributed by atoms with E-state index in [1.54, 1.807) is 23.7 Å². The smallest absolute Gasteiger partial charge is 1.00 e. The van der Waals surface area contributed by atoms with Gasteiger partial charge in [0.05, 0.1) is 0 Å². The zero-order valence-corrected chi connectivity index (χ0v) is 17.9. The first-order valence-corrected chi connectivity index (χ1v) is 12.8. The summed E-state index contributed by atoms with van der Waals surface area (Å²) in [6.07, 6.45) is 19.1. The van der Waals surface area contributed by atoms with Crippen LogP contribution in [0.4, 0.5) is 0 Å². The van der Waals surface area contributed by atoms with E-state index in [4.69, 9.17) is 0 Å². The molecule has 0 aromatic carbocycles. The van der Waals surface area contributed by atoms with E-state index in [9.17, 15) is 0 Å². The van der Waals surface area contributed by atoms with Gasteiger partial charge < -0.3 is 24.8 Å². The maximum absolute atomic E-state index is 2.72. The third kappa shape index (κ3) is 3.60. The number of rotatable bonds is 5. The maximum atomic E-state index is 2.72. The summed E-state index contributed by atoms with van der Waals surface area (Å²) in [7, 11) is -1.03. The molecule has 0 spiro atoms. The molecule has 0 amide bonds. The Kier molecular flexibility index (Phi) is 7.46. The van der Waals surface area contributed by atoms with Gasteiger partial charge in [0.15, 0.2) is 0 Å². The zero-order chi connectivity index (χ0) is 13.3. The summed E-state index contributed by atoms with van der Waals surface area (Å²) >= 11 is -0.490. The number of hydrogen-bond acceptors (Lipinski definition) is 0. The molecule has 0 aromatic heterocycles. The van der Waals surface area contributed by atoms with Crippen molar-refractivity contribution < 1.29 is 48.0 Å². The third-order valence-corrected chi connectivity index (χ3v) is 19.4. The van der Waals surface area contributed by atoms with Crippen LogP contribution < -0.4 is 24.8 Å². The fourth-order valence-electron chi connectivity index (χ4n) is 4.02. The number of allylic oxidation sites excluding steroid dienone is 8. The molecule has 0 N–H and O–H groups in total. The average molecular weight is 419 g/mol. The molecule has 2 aliphatic carbocycles. The Hall–Kier alpha value is 0.640. The molecule has 0 nitrogen and oxygen atoms in total. The zero-order valence-electron chi connectivity index (χ0n) is 13.0. The van der Waals surface area contributed by atoms with Crippen molar-refractivity contribution in [1.82, 2.24) is 0 Å². The van der Waals surface area contributed by atoms with Gasteiger partial charge in [-0.2, -0.15) is 0 Å². The summed E-state index contributed by atoms with van der Waals surface area (Å²) in [5, 5.41) is 0. The summed E-state index contributed by atoms with van der Waals surface area (Å²) < 4.78 is 2.46. The molecule has 1 fully saturated rings. The summed E-state index contributed by atoms with van der Waals surface area (Å²) in [4.78, 5) is 0. The monoisotopic (exact) mass is 416 g/mol. The van der Waals surface area contributed by atoms with Crippen molar-refractivity contribution in [2.75, 3.05) is 0 Å². The molecule has 1 heterocycles. The van der Waals surface area contributed by atoms with Gasteiger partial charge in [0.25, 0.3) is 0 Å². The van der Waals surface area contributed by atoms with Crippen molar-refractivity contribution in [1.29, 1.82) is 0 Å². The molecule has 0 aromatic rings. The van der Waals surface area contributed by atoms with Gasteiger partial charge in [0.2, 0.25) is 0 Å². The molecule has 21 heavy (non-hydrogen) atoms. The van der Waals surface area contributed by atoms with Gasteiger partial charge in [-0.3, -0.25) is 0 Å². The van der Waals surface area contributed by atoms with E-state index in [0.29, 0.717) is 2.75 Å². The Balaban J connectivity index is 0.00000110. The molecule has 1 unspecified atom stereocenters. The predicted molar refractivity (Wildman–Crippen MR) is 82.5 cm³/mol. The van der Waals surface area contributed by atoms with Crippen LogP contribution in [0.5, 0.6) is 0 Å². The average Bonchev–Trinajstić information content (AvgIpc) is 2.95. The minimum Gasteiger partial charge on any atom is -1.00 e. The SMILES string of the molecule is CCC[Si]1([C]2([Zr+2][C]3=CC=CC3)C=CC(C)=C2)CCC1.[Cl-].[Cl-]. The van der Waals surface area contributed by atoms with Crippen molar-refractivity contribution in [3.05, 3.63) is 45.3 Å². The van der Waals surface area contributed by atoms with Crippen LogP contribution >= 0.6 is 0 Å². The molecular weight excluding hydrogens is 394 g/mol. The van der Waals surface area contributed by atoms with Crippen LogP contribution in [0.15, 0.2) is 45.3 Å². The maximum Gasteiger partial charge on any atom is -1.00 e. The van der Waals surface area contributed by atoms with Crippen LogP contribution in [-0.2, 0) is 23.2 Å².